The van der Waals surface area contributed by atoms with Gasteiger partial charge in [-0.05, 0) is 36.2 Å². The van der Waals surface area contributed by atoms with E-state index in [1.54, 1.807) is 6.07 Å². The van der Waals surface area contributed by atoms with Crippen molar-refractivity contribution in [3.05, 3.63) is 58.9 Å². The van der Waals surface area contributed by atoms with E-state index in [4.69, 9.17) is 11.6 Å². The van der Waals surface area contributed by atoms with Crippen LogP contribution in [0, 0.1) is 5.82 Å². The van der Waals surface area contributed by atoms with Gasteiger partial charge in [0.2, 0.25) is 15.9 Å². The van der Waals surface area contributed by atoms with Crippen molar-refractivity contribution in [3.63, 3.8) is 0 Å². The summed E-state index contributed by atoms with van der Waals surface area (Å²) in [6.45, 7) is 1.90. The first-order chi connectivity index (χ1) is 12.2. The lowest BCUT2D eigenvalue weighted by Gasteiger charge is -2.22. The van der Waals surface area contributed by atoms with Crippen molar-refractivity contribution in [2.45, 2.75) is 19.8 Å². The maximum absolute atomic E-state index is 13.3. The van der Waals surface area contributed by atoms with E-state index in [1.165, 1.54) is 12.1 Å². The highest BCUT2D eigenvalue weighted by Crippen LogP contribution is 2.25. The molecule has 0 unspecified atom stereocenters. The standard InChI is InChI=1S/C18H20ClFN2O3S/c1-3-13-6-4-5-7-17(13)21-18(23)10-11-22(26(2,24)25)14-8-9-16(20)15(19)12-14/h4-9,12H,3,10-11H2,1-2H3,(H,21,23). The minimum absolute atomic E-state index is 0.0554. The van der Waals surface area contributed by atoms with E-state index in [-0.39, 0.29) is 29.6 Å². The molecule has 0 aliphatic carbocycles. The molecule has 0 aromatic heterocycles. The van der Waals surface area contributed by atoms with E-state index in [2.05, 4.69) is 5.32 Å². The van der Waals surface area contributed by atoms with Crippen molar-refractivity contribution in [2.24, 2.45) is 0 Å². The van der Waals surface area contributed by atoms with Gasteiger partial charge in [-0.1, -0.05) is 36.7 Å². The number of nitrogens with zero attached hydrogens (tertiary/aromatic N) is 1. The summed E-state index contributed by atoms with van der Waals surface area (Å²) >= 11 is 5.74. The van der Waals surface area contributed by atoms with E-state index in [1.807, 2.05) is 25.1 Å². The number of para-hydroxylation sites is 1. The van der Waals surface area contributed by atoms with Crippen LogP contribution >= 0.6 is 11.6 Å². The molecule has 26 heavy (non-hydrogen) atoms. The Morgan fingerprint density at radius 3 is 2.54 bits per heavy atom. The Labute approximate surface area is 157 Å². The molecule has 0 bridgehead atoms. The highest BCUT2D eigenvalue weighted by atomic mass is 35.5. The minimum atomic E-state index is -3.66. The fourth-order valence-corrected chi connectivity index (χ4v) is 3.59. The zero-order chi connectivity index (χ0) is 19.3. The van der Waals surface area contributed by atoms with Crippen LogP contribution in [0.3, 0.4) is 0 Å². The molecule has 2 aromatic carbocycles. The molecular formula is C18H20ClFN2O3S. The SMILES string of the molecule is CCc1ccccc1NC(=O)CCN(c1ccc(F)c(Cl)c1)S(C)(=O)=O. The zero-order valence-electron chi connectivity index (χ0n) is 14.5. The maximum Gasteiger partial charge on any atom is 0.232 e. The second kappa shape index (κ2) is 8.51. The van der Waals surface area contributed by atoms with Crippen LogP contribution in [-0.4, -0.2) is 27.1 Å². The van der Waals surface area contributed by atoms with Gasteiger partial charge in [0.1, 0.15) is 5.82 Å². The average Bonchev–Trinajstić information content (AvgIpc) is 2.57. The van der Waals surface area contributed by atoms with Gasteiger partial charge >= 0.3 is 0 Å². The van der Waals surface area contributed by atoms with Crippen molar-refractivity contribution >= 4 is 38.9 Å². The van der Waals surface area contributed by atoms with E-state index in [9.17, 15) is 17.6 Å². The number of rotatable bonds is 7. The van der Waals surface area contributed by atoms with Gasteiger partial charge in [0, 0.05) is 18.7 Å². The largest absolute Gasteiger partial charge is 0.326 e. The Bertz CT molecular complexity index is 903. The van der Waals surface area contributed by atoms with Crippen molar-refractivity contribution in [2.75, 3.05) is 22.4 Å². The van der Waals surface area contributed by atoms with Crippen LogP contribution in [0.5, 0.6) is 0 Å². The van der Waals surface area contributed by atoms with Gasteiger partial charge in [-0.3, -0.25) is 9.10 Å². The third-order valence-electron chi connectivity index (χ3n) is 3.81. The molecular weight excluding hydrogens is 379 g/mol. The van der Waals surface area contributed by atoms with Crippen LogP contribution in [0.2, 0.25) is 5.02 Å². The number of amides is 1. The minimum Gasteiger partial charge on any atom is -0.326 e. The average molecular weight is 399 g/mol. The van der Waals surface area contributed by atoms with Gasteiger partial charge in [0.25, 0.3) is 0 Å². The molecule has 0 aliphatic rings. The quantitative estimate of drug-likeness (QED) is 0.770. The Balaban J connectivity index is 2.12. The van der Waals surface area contributed by atoms with Gasteiger partial charge in [-0.2, -0.15) is 0 Å². The third-order valence-corrected chi connectivity index (χ3v) is 5.29. The smallest absolute Gasteiger partial charge is 0.232 e. The summed E-state index contributed by atoms with van der Waals surface area (Å²) in [5.41, 5.74) is 1.91. The Morgan fingerprint density at radius 1 is 1.23 bits per heavy atom. The van der Waals surface area contributed by atoms with Crippen molar-refractivity contribution in [1.29, 1.82) is 0 Å². The molecule has 1 N–H and O–H groups in total. The van der Waals surface area contributed by atoms with Gasteiger partial charge in [0.15, 0.2) is 0 Å². The fourth-order valence-electron chi connectivity index (χ4n) is 2.49. The van der Waals surface area contributed by atoms with Gasteiger partial charge < -0.3 is 5.32 Å². The zero-order valence-corrected chi connectivity index (χ0v) is 16.1. The number of carbonyl (C=O) groups is 1. The lowest BCUT2D eigenvalue weighted by molar-refractivity contribution is -0.116. The molecule has 0 heterocycles. The van der Waals surface area contributed by atoms with Gasteiger partial charge in [0.05, 0.1) is 17.0 Å². The number of halogens is 2. The summed E-state index contributed by atoms with van der Waals surface area (Å²) in [5, 5.41) is 2.61. The Morgan fingerprint density at radius 2 is 1.92 bits per heavy atom. The first kappa shape index (κ1) is 20.2. The molecule has 140 valence electrons. The summed E-state index contributed by atoms with van der Waals surface area (Å²) in [6, 6.07) is 11.0. The number of nitrogens with one attached hydrogen (secondary N) is 1. The Kier molecular flexibility index (Phi) is 6.61. The predicted molar refractivity (Wildman–Crippen MR) is 103 cm³/mol. The molecule has 0 aliphatic heterocycles. The van der Waals surface area contributed by atoms with Gasteiger partial charge in [-0.25, -0.2) is 12.8 Å². The number of benzene rings is 2. The van der Waals surface area contributed by atoms with E-state index < -0.39 is 15.8 Å². The summed E-state index contributed by atoms with van der Waals surface area (Å²) in [5.74, 6) is -0.953. The van der Waals surface area contributed by atoms with E-state index in [0.717, 1.165) is 28.6 Å². The molecule has 2 rings (SSSR count). The predicted octanol–water partition coefficient (Wildman–Crippen LogP) is 3.84. The van der Waals surface area contributed by atoms with Crippen LogP contribution in [0.25, 0.3) is 0 Å². The molecule has 0 saturated heterocycles. The number of hydrogen-bond donors (Lipinski definition) is 1. The van der Waals surface area contributed by atoms with E-state index in [0.29, 0.717) is 5.69 Å². The van der Waals surface area contributed by atoms with Crippen LogP contribution < -0.4 is 9.62 Å². The number of anilines is 2. The van der Waals surface area contributed by atoms with Gasteiger partial charge in [-0.15, -0.1) is 0 Å². The summed E-state index contributed by atoms with van der Waals surface area (Å²) in [4.78, 5) is 12.2. The fraction of sp³-hybridized carbons (Fsp3) is 0.278. The number of sulfonamides is 1. The molecule has 0 saturated carbocycles. The topological polar surface area (TPSA) is 66.5 Å². The van der Waals surface area contributed by atoms with Crippen LogP contribution in [0.15, 0.2) is 42.5 Å². The number of carbonyl (C=O) groups excluding carboxylic acids is 1. The van der Waals surface area contributed by atoms with Crippen molar-refractivity contribution in [3.8, 4) is 0 Å². The van der Waals surface area contributed by atoms with Crippen LogP contribution in [0.1, 0.15) is 18.9 Å². The van der Waals surface area contributed by atoms with E-state index >= 15 is 0 Å². The lowest BCUT2D eigenvalue weighted by Crippen LogP contribution is -2.33. The molecule has 0 spiro atoms. The Hall–Kier alpha value is -2.12. The molecule has 0 radical (unpaired) electrons. The highest BCUT2D eigenvalue weighted by Gasteiger charge is 2.20. The molecule has 5 nitrogen and oxygen atoms in total. The second-order valence-corrected chi connectivity index (χ2v) is 8.06. The van der Waals surface area contributed by atoms with Crippen LogP contribution in [0.4, 0.5) is 15.8 Å². The maximum atomic E-state index is 13.3. The molecule has 0 fully saturated rings. The second-order valence-electron chi connectivity index (χ2n) is 5.74. The third kappa shape index (κ3) is 5.19. The monoisotopic (exact) mass is 398 g/mol. The number of hydrogen-bond acceptors (Lipinski definition) is 3. The molecule has 2 aromatic rings. The highest BCUT2D eigenvalue weighted by molar-refractivity contribution is 7.92. The molecule has 8 heteroatoms. The van der Waals surface area contributed by atoms with Crippen LogP contribution in [-0.2, 0) is 21.2 Å². The summed E-state index contributed by atoms with van der Waals surface area (Å²) < 4.78 is 38.5. The number of aryl methyl sites for hydroxylation is 1. The first-order valence-electron chi connectivity index (χ1n) is 8.03. The van der Waals surface area contributed by atoms with Crippen molar-refractivity contribution in [1.82, 2.24) is 0 Å². The first-order valence-corrected chi connectivity index (χ1v) is 10.3. The lowest BCUT2D eigenvalue weighted by atomic mass is 10.1. The molecule has 1 amide bonds. The summed E-state index contributed by atoms with van der Waals surface area (Å²) in [7, 11) is -3.66. The normalized spacial score (nSPS) is 11.2. The van der Waals surface area contributed by atoms with Crippen molar-refractivity contribution < 1.29 is 17.6 Å². The molecule has 0 atom stereocenters. The summed E-state index contributed by atoms with van der Waals surface area (Å²) in [6.07, 6.45) is 1.73.